The van der Waals surface area contributed by atoms with Crippen LogP contribution in [0.1, 0.15) is 24.1 Å². The zero-order chi connectivity index (χ0) is 14.9. The van der Waals surface area contributed by atoms with Crippen molar-refractivity contribution in [3.8, 4) is 11.5 Å². The van der Waals surface area contributed by atoms with Gasteiger partial charge in [0.05, 0.1) is 5.02 Å². The van der Waals surface area contributed by atoms with Gasteiger partial charge in [-0.1, -0.05) is 11.6 Å². The quantitative estimate of drug-likeness (QED) is 0.888. The molecule has 1 unspecified atom stereocenters. The first-order chi connectivity index (χ1) is 9.38. The highest BCUT2D eigenvalue weighted by Gasteiger charge is 2.13. The summed E-state index contributed by atoms with van der Waals surface area (Å²) >= 11 is 5.61. The Morgan fingerprint density at radius 2 is 1.85 bits per heavy atom. The first-order valence-electron chi connectivity index (χ1n) is 6.07. The number of halogens is 3. The van der Waals surface area contributed by atoms with Gasteiger partial charge in [0.2, 0.25) is 0 Å². The molecule has 2 aromatic rings. The van der Waals surface area contributed by atoms with Crippen LogP contribution in [-0.2, 0) is 0 Å². The summed E-state index contributed by atoms with van der Waals surface area (Å²) in [5, 5.41) is 0.0139. The van der Waals surface area contributed by atoms with Crippen LogP contribution in [0, 0.1) is 18.6 Å². The van der Waals surface area contributed by atoms with Crippen molar-refractivity contribution in [2.45, 2.75) is 19.9 Å². The fourth-order valence-corrected chi connectivity index (χ4v) is 1.90. The minimum Gasteiger partial charge on any atom is -0.457 e. The summed E-state index contributed by atoms with van der Waals surface area (Å²) in [5.41, 5.74) is 6.75. The summed E-state index contributed by atoms with van der Waals surface area (Å²) < 4.78 is 32.6. The zero-order valence-electron chi connectivity index (χ0n) is 11.1. The van der Waals surface area contributed by atoms with E-state index in [4.69, 9.17) is 22.1 Å². The predicted octanol–water partition coefficient (Wildman–Crippen LogP) is 4.74. The van der Waals surface area contributed by atoms with Crippen molar-refractivity contribution in [2.75, 3.05) is 0 Å². The Morgan fingerprint density at radius 3 is 2.45 bits per heavy atom. The average Bonchev–Trinajstić information content (AvgIpc) is 2.37. The lowest BCUT2D eigenvalue weighted by atomic mass is 10.1. The van der Waals surface area contributed by atoms with Gasteiger partial charge >= 0.3 is 0 Å². The number of benzene rings is 2. The molecule has 0 aliphatic carbocycles. The second-order valence-corrected chi connectivity index (χ2v) is 5.01. The molecule has 106 valence electrons. The van der Waals surface area contributed by atoms with Gasteiger partial charge in [0.15, 0.2) is 0 Å². The molecule has 0 amide bonds. The number of hydrogen-bond donors (Lipinski definition) is 1. The van der Waals surface area contributed by atoms with Gasteiger partial charge in [-0.15, -0.1) is 0 Å². The maximum atomic E-state index is 13.6. The highest BCUT2D eigenvalue weighted by atomic mass is 35.5. The number of nitrogens with two attached hydrogens (primary N) is 1. The molecule has 0 saturated heterocycles. The van der Waals surface area contributed by atoms with E-state index in [-0.39, 0.29) is 16.6 Å². The predicted molar refractivity (Wildman–Crippen MR) is 75.2 cm³/mol. The third-order valence-electron chi connectivity index (χ3n) is 2.90. The lowest BCUT2D eigenvalue weighted by Gasteiger charge is -2.15. The van der Waals surface area contributed by atoms with Crippen LogP contribution in [0.4, 0.5) is 8.78 Å². The normalized spacial score (nSPS) is 12.3. The second kappa shape index (κ2) is 5.77. The lowest BCUT2D eigenvalue weighted by Crippen LogP contribution is -2.08. The summed E-state index contributed by atoms with van der Waals surface area (Å²) in [7, 11) is 0. The van der Waals surface area contributed by atoms with Crippen molar-refractivity contribution < 1.29 is 13.5 Å². The van der Waals surface area contributed by atoms with Crippen LogP contribution in [0.5, 0.6) is 11.5 Å². The maximum absolute atomic E-state index is 13.6. The fraction of sp³-hybridized carbons (Fsp3) is 0.200. The first-order valence-corrected chi connectivity index (χ1v) is 6.45. The summed E-state index contributed by atoms with van der Waals surface area (Å²) in [4.78, 5) is 0. The standard InChI is InChI=1S/C15H14ClF2NO/c1-8-5-15(11(9(2)19)7-13(8)17)20-10-3-4-12(16)14(18)6-10/h3-7,9H,19H2,1-2H3. The van der Waals surface area contributed by atoms with E-state index < -0.39 is 11.9 Å². The van der Waals surface area contributed by atoms with E-state index in [0.717, 1.165) is 0 Å². The van der Waals surface area contributed by atoms with Crippen molar-refractivity contribution in [3.63, 3.8) is 0 Å². The van der Waals surface area contributed by atoms with Gasteiger partial charge in [-0.3, -0.25) is 0 Å². The highest BCUT2D eigenvalue weighted by molar-refractivity contribution is 6.30. The topological polar surface area (TPSA) is 35.2 Å². The molecule has 2 rings (SSSR count). The first kappa shape index (κ1) is 14.8. The molecule has 0 fully saturated rings. The minimum absolute atomic E-state index is 0.0139. The zero-order valence-corrected chi connectivity index (χ0v) is 11.8. The molecule has 2 nitrogen and oxygen atoms in total. The molecule has 0 bridgehead atoms. The smallest absolute Gasteiger partial charge is 0.145 e. The van der Waals surface area contributed by atoms with Crippen LogP contribution in [-0.4, -0.2) is 0 Å². The number of aryl methyl sites for hydroxylation is 1. The van der Waals surface area contributed by atoms with E-state index >= 15 is 0 Å². The van der Waals surface area contributed by atoms with E-state index in [1.807, 2.05) is 0 Å². The van der Waals surface area contributed by atoms with Crippen molar-refractivity contribution in [1.82, 2.24) is 0 Å². The number of rotatable bonds is 3. The van der Waals surface area contributed by atoms with E-state index in [1.165, 1.54) is 24.3 Å². The maximum Gasteiger partial charge on any atom is 0.145 e. The molecule has 20 heavy (non-hydrogen) atoms. The van der Waals surface area contributed by atoms with Crippen molar-refractivity contribution in [1.29, 1.82) is 0 Å². The van der Waals surface area contributed by atoms with Crippen molar-refractivity contribution in [2.24, 2.45) is 5.73 Å². The molecule has 0 aliphatic rings. The largest absolute Gasteiger partial charge is 0.457 e. The van der Waals surface area contributed by atoms with Crippen molar-refractivity contribution >= 4 is 11.6 Å². The minimum atomic E-state index is -0.578. The summed E-state index contributed by atoms with van der Waals surface area (Å²) in [5.74, 6) is -0.252. The molecule has 0 spiro atoms. The van der Waals surface area contributed by atoms with Crippen LogP contribution in [0.25, 0.3) is 0 Å². The molecule has 0 radical (unpaired) electrons. The Labute approximate surface area is 121 Å². The summed E-state index contributed by atoms with van der Waals surface area (Å²) in [6.45, 7) is 3.34. The van der Waals surface area contributed by atoms with Gasteiger partial charge < -0.3 is 10.5 Å². The molecule has 0 saturated carbocycles. The Balaban J connectivity index is 2.41. The Morgan fingerprint density at radius 1 is 1.15 bits per heavy atom. The van der Waals surface area contributed by atoms with Gasteiger partial charge in [0.1, 0.15) is 23.1 Å². The van der Waals surface area contributed by atoms with Crippen LogP contribution in [0.2, 0.25) is 5.02 Å². The molecule has 2 aromatic carbocycles. The van der Waals surface area contributed by atoms with E-state index in [1.54, 1.807) is 19.9 Å². The molecule has 2 N–H and O–H groups in total. The van der Waals surface area contributed by atoms with Gasteiger partial charge in [-0.05, 0) is 43.7 Å². The van der Waals surface area contributed by atoms with Crippen LogP contribution in [0.3, 0.4) is 0 Å². The Bertz CT molecular complexity index is 644. The fourth-order valence-electron chi connectivity index (χ4n) is 1.78. The van der Waals surface area contributed by atoms with E-state index in [0.29, 0.717) is 16.9 Å². The summed E-state index contributed by atoms with van der Waals surface area (Å²) in [6.07, 6.45) is 0. The van der Waals surface area contributed by atoms with Gasteiger partial charge in [-0.25, -0.2) is 8.78 Å². The third kappa shape index (κ3) is 3.08. The average molecular weight is 298 g/mol. The Hall–Kier alpha value is -1.65. The molecule has 0 aliphatic heterocycles. The van der Waals surface area contributed by atoms with Crippen LogP contribution in [0.15, 0.2) is 30.3 Å². The molecule has 5 heteroatoms. The molecule has 1 atom stereocenters. The molecular weight excluding hydrogens is 284 g/mol. The van der Waals surface area contributed by atoms with Gasteiger partial charge in [0, 0.05) is 17.7 Å². The second-order valence-electron chi connectivity index (χ2n) is 4.61. The van der Waals surface area contributed by atoms with Crippen LogP contribution < -0.4 is 10.5 Å². The summed E-state index contributed by atoms with van der Waals surface area (Å²) in [6, 6.07) is 6.58. The SMILES string of the molecule is Cc1cc(Oc2ccc(Cl)c(F)c2)c(C(C)N)cc1F. The molecule has 0 heterocycles. The third-order valence-corrected chi connectivity index (χ3v) is 3.21. The Kier molecular flexibility index (Phi) is 4.26. The van der Waals surface area contributed by atoms with E-state index in [9.17, 15) is 8.78 Å². The molecule has 0 aromatic heterocycles. The lowest BCUT2D eigenvalue weighted by molar-refractivity contribution is 0.463. The van der Waals surface area contributed by atoms with E-state index in [2.05, 4.69) is 0 Å². The highest BCUT2D eigenvalue weighted by Crippen LogP contribution is 2.32. The number of ether oxygens (including phenoxy) is 1. The van der Waals surface area contributed by atoms with Crippen molar-refractivity contribution in [3.05, 3.63) is 58.1 Å². The monoisotopic (exact) mass is 297 g/mol. The van der Waals surface area contributed by atoms with Gasteiger partial charge in [-0.2, -0.15) is 0 Å². The number of hydrogen-bond acceptors (Lipinski definition) is 2. The van der Waals surface area contributed by atoms with Gasteiger partial charge in [0.25, 0.3) is 0 Å². The molecular formula is C15H14ClF2NO. The van der Waals surface area contributed by atoms with Crippen LogP contribution >= 0.6 is 11.6 Å².